The van der Waals surface area contributed by atoms with Gasteiger partial charge in [0, 0.05) is 39.1 Å². The minimum atomic E-state index is 0.474. The minimum Gasteiger partial charge on any atom is -0.356 e. The van der Waals surface area contributed by atoms with Crippen molar-refractivity contribution in [1.29, 1.82) is 0 Å². The summed E-state index contributed by atoms with van der Waals surface area (Å²) < 4.78 is 2.25. The Morgan fingerprint density at radius 1 is 1.23 bits per heavy atom. The van der Waals surface area contributed by atoms with Gasteiger partial charge < -0.3 is 19.7 Å². The molecule has 1 aromatic rings. The molecule has 2 heterocycles. The quantitative estimate of drug-likeness (QED) is 0.417. The predicted octanol–water partition coefficient (Wildman–Crippen LogP) is 2.85. The number of aliphatic imine (C=N–C) groups is 1. The molecule has 0 saturated carbocycles. The summed E-state index contributed by atoms with van der Waals surface area (Å²) in [6.45, 7) is 6.64. The van der Waals surface area contributed by atoms with Crippen molar-refractivity contribution >= 4 is 5.96 Å². The average molecular weight is 363 g/mol. The first kappa shape index (κ1) is 20.7. The molecule has 1 saturated heterocycles. The summed E-state index contributed by atoms with van der Waals surface area (Å²) in [7, 11) is 6.19. The minimum absolute atomic E-state index is 0.474. The van der Waals surface area contributed by atoms with Crippen LogP contribution >= 0.6 is 0 Å². The Hall–Kier alpha value is -1.56. The van der Waals surface area contributed by atoms with Gasteiger partial charge in [-0.15, -0.1) is 0 Å². The highest BCUT2D eigenvalue weighted by molar-refractivity contribution is 5.80. The van der Waals surface area contributed by atoms with Gasteiger partial charge in [-0.25, -0.2) is 4.98 Å². The lowest BCUT2D eigenvalue weighted by molar-refractivity contribution is 0.189. The van der Waals surface area contributed by atoms with Crippen LogP contribution < -0.4 is 5.32 Å². The molecule has 2 unspecified atom stereocenters. The SMILES string of the molecule is CN=C(NCCCCCCCN(C)C)N1CCC(C)C(n2ccnc2)C1. The number of aromatic nitrogens is 2. The van der Waals surface area contributed by atoms with E-state index in [4.69, 9.17) is 0 Å². The van der Waals surface area contributed by atoms with E-state index < -0.39 is 0 Å². The summed E-state index contributed by atoms with van der Waals surface area (Å²) in [5.74, 6) is 1.72. The molecule has 6 heteroatoms. The van der Waals surface area contributed by atoms with E-state index in [1.54, 1.807) is 0 Å². The number of guanidine groups is 1. The van der Waals surface area contributed by atoms with Crippen LogP contribution in [0.3, 0.4) is 0 Å². The number of piperidine rings is 1. The van der Waals surface area contributed by atoms with Crippen molar-refractivity contribution in [2.24, 2.45) is 10.9 Å². The van der Waals surface area contributed by atoms with Gasteiger partial charge in [-0.05, 0) is 45.8 Å². The second-order valence-electron chi connectivity index (χ2n) is 7.83. The average Bonchev–Trinajstić information content (AvgIpc) is 3.15. The normalized spacial score (nSPS) is 21.4. The number of hydrogen-bond donors (Lipinski definition) is 1. The third-order valence-electron chi connectivity index (χ3n) is 5.40. The lowest BCUT2D eigenvalue weighted by Crippen LogP contribution is -2.49. The molecular formula is C20H38N6. The maximum absolute atomic E-state index is 4.52. The Morgan fingerprint density at radius 2 is 2.00 bits per heavy atom. The highest BCUT2D eigenvalue weighted by Crippen LogP contribution is 2.27. The lowest BCUT2D eigenvalue weighted by Gasteiger charge is -2.39. The number of nitrogens with zero attached hydrogens (tertiary/aromatic N) is 5. The van der Waals surface area contributed by atoms with Crippen LogP contribution in [0.1, 0.15) is 51.5 Å². The molecule has 148 valence electrons. The van der Waals surface area contributed by atoms with Crippen LogP contribution in [0.4, 0.5) is 0 Å². The third-order valence-corrected chi connectivity index (χ3v) is 5.40. The van der Waals surface area contributed by atoms with Crippen molar-refractivity contribution in [2.45, 2.75) is 51.5 Å². The van der Waals surface area contributed by atoms with Gasteiger partial charge in [-0.2, -0.15) is 0 Å². The van der Waals surface area contributed by atoms with Gasteiger partial charge in [0.1, 0.15) is 0 Å². The van der Waals surface area contributed by atoms with Crippen LogP contribution in [0, 0.1) is 5.92 Å². The van der Waals surface area contributed by atoms with Crippen molar-refractivity contribution in [3.8, 4) is 0 Å². The highest BCUT2D eigenvalue weighted by atomic mass is 15.3. The molecule has 0 aliphatic carbocycles. The third kappa shape index (κ3) is 6.63. The largest absolute Gasteiger partial charge is 0.356 e. The van der Waals surface area contributed by atoms with Crippen LogP contribution in [-0.4, -0.2) is 72.6 Å². The van der Waals surface area contributed by atoms with Gasteiger partial charge >= 0.3 is 0 Å². The molecule has 1 fully saturated rings. The number of unbranched alkanes of at least 4 members (excludes halogenated alkanes) is 4. The van der Waals surface area contributed by atoms with Crippen LogP contribution in [-0.2, 0) is 0 Å². The van der Waals surface area contributed by atoms with Crippen LogP contribution in [0.2, 0.25) is 0 Å². The summed E-state index contributed by atoms with van der Waals surface area (Å²) >= 11 is 0. The lowest BCUT2D eigenvalue weighted by atomic mass is 9.93. The van der Waals surface area contributed by atoms with Crippen molar-refractivity contribution in [3.05, 3.63) is 18.7 Å². The fourth-order valence-electron chi connectivity index (χ4n) is 3.71. The molecule has 0 amide bonds. The van der Waals surface area contributed by atoms with Gasteiger partial charge in [-0.1, -0.05) is 26.2 Å². The summed E-state index contributed by atoms with van der Waals surface area (Å²) in [6, 6.07) is 0.474. The molecule has 0 aromatic carbocycles. The first-order chi connectivity index (χ1) is 12.6. The number of likely N-dealkylation sites (tertiary alicyclic amines) is 1. The Bertz CT molecular complexity index is 510. The molecule has 1 aliphatic rings. The zero-order chi connectivity index (χ0) is 18.8. The molecule has 26 heavy (non-hydrogen) atoms. The van der Waals surface area contributed by atoms with Gasteiger partial charge in [0.25, 0.3) is 0 Å². The van der Waals surface area contributed by atoms with Crippen LogP contribution in [0.15, 0.2) is 23.7 Å². The second-order valence-corrected chi connectivity index (χ2v) is 7.83. The van der Waals surface area contributed by atoms with Crippen LogP contribution in [0.5, 0.6) is 0 Å². The van der Waals surface area contributed by atoms with E-state index >= 15 is 0 Å². The van der Waals surface area contributed by atoms with Gasteiger partial charge in [0.2, 0.25) is 0 Å². The Kier molecular flexibility index (Phi) is 8.95. The van der Waals surface area contributed by atoms with E-state index in [1.165, 1.54) is 45.1 Å². The summed E-state index contributed by atoms with van der Waals surface area (Å²) in [6.07, 6.45) is 13.6. The van der Waals surface area contributed by atoms with E-state index in [0.717, 1.165) is 25.6 Å². The second kappa shape index (κ2) is 11.2. The number of hydrogen-bond acceptors (Lipinski definition) is 3. The number of rotatable bonds is 9. The summed E-state index contributed by atoms with van der Waals surface area (Å²) in [5.41, 5.74) is 0. The molecule has 1 N–H and O–H groups in total. The Labute approximate surface area is 159 Å². The topological polar surface area (TPSA) is 48.7 Å². The van der Waals surface area contributed by atoms with E-state index in [9.17, 15) is 0 Å². The first-order valence-corrected chi connectivity index (χ1v) is 10.2. The highest BCUT2D eigenvalue weighted by Gasteiger charge is 2.28. The van der Waals surface area contributed by atoms with E-state index in [-0.39, 0.29) is 0 Å². The molecule has 2 rings (SSSR count). The fourth-order valence-corrected chi connectivity index (χ4v) is 3.71. The van der Waals surface area contributed by atoms with E-state index in [2.05, 4.69) is 56.9 Å². The molecule has 0 bridgehead atoms. The van der Waals surface area contributed by atoms with Crippen molar-refractivity contribution in [3.63, 3.8) is 0 Å². The maximum Gasteiger partial charge on any atom is 0.193 e. The fraction of sp³-hybridized carbons (Fsp3) is 0.800. The molecule has 6 nitrogen and oxygen atoms in total. The monoisotopic (exact) mass is 362 g/mol. The van der Waals surface area contributed by atoms with Gasteiger partial charge in [0.05, 0.1) is 12.4 Å². The summed E-state index contributed by atoms with van der Waals surface area (Å²) in [4.78, 5) is 13.4. The van der Waals surface area contributed by atoms with E-state index in [0.29, 0.717) is 12.0 Å². The maximum atomic E-state index is 4.52. The Morgan fingerprint density at radius 3 is 2.69 bits per heavy atom. The molecule has 2 atom stereocenters. The summed E-state index contributed by atoms with van der Waals surface area (Å²) in [5, 5.41) is 3.57. The van der Waals surface area contributed by atoms with Gasteiger partial charge in [-0.3, -0.25) is 4.99 Å². The predicted molar refractivity (Wildman–Crippen MR) is 110 cm³/mol. The molecule has 0 radical (unpaired) electrons. The number of nitrogens with one attached hydrogen (secondary N) is 1. The van der Waals surface area contributed by atoms with E-state index in [1.807, 2.05) is 19.6 Å². The molecule has 1 aliphatic heterocycles. The smallest absolute Gasteiger partial charge is 0.193 e. The molecular weight excluding hydrogens is 324 g/mol. The molecule has 0 spiro atoms. The van der Waals surface area contributed by atoms with Gasteiger partial charge in [0.15, 0.2) is 5.96 Å². The first-order valence-electron chi connectivity index (χ1n) is 10.2. The zero-order valence-corrected chi connectivity index (χ0v) is 17.2. The van der Waals surface area contributed by atoms with Crippen molar-refractivity contribution in [1.82, 2.24) is 24.7 Å². The van der Waals surface area contributed by atoms with Crippen molar-refractivity contribution < 1.29 is 0 Å². The molecule has 1 aromatic heterocycles. The zero-order valence-electron chi connectivity index (χ0n) is 17.2. The van der Waals surface area contributed by atoms with Crippen LogP contribution in [0.25, 0.3) is 0 Å². The van der Waals surface area contributed by atoms with Crippen molar-refractivity contribution in [2.75, 3.05) is 47.3 Å². The Balaban J connectivity index is 1.68. The standard InChI is InChI=1S/C20H38N6/c1-18-10-14-25(16-19(18)26-15-12-22-17-26)20(21-2)23-11-8-6-5-7-9-13-24(3)4/h12,15,17-19H,5-11,13-14,16H2,1-4H3,(H,21,23). The number of imidazole rings is 1.